The molecule has 0 amide bonds. The summed E-state index contributed by atoms with van der Waals surface area (Å²) < 4.78 is 0. The number of nitrogens with one attached hydrogen (secondary N) is 1. The van der Waals surface area contributed by atoms with E-state index in [0.29, 0.717) is 15.6 Å². The number of benzene rings is 1. The van der Waals surface area contributed by atoms with Gasteiger partial charge in [0.15, 0.2) is 5.78 Å². The van der Waals surface area contributed by atoms with Crippen LogP contribution >= 0.6 is 23.2 Å². The van der Waals surface area contributed by atoms with Crippen LogP contribution in [0, 0.1) is 0 Å². The predicted octanol–water partition coefficient (Wildman–Crippen LogP) is 3.32. The first-order chi connectivity index (χ1) is 7.68. The van der Waals surface area contributed by atoms with Crippen LogP contribution in [0.15, 0.2) is 18.2 Å². The lowest BCUT2D eigenvalue weighted by Crippen LogP contribution is -2.40. The molecule has 1 aromatic rings. The molecule has 0 aromatic heterocycles. The Bertz CT molecular complexity index is 400. The summed E-state index contributed by atoms with van der Waals surface area (Å²) in [5.41, 5.74) is 0.633. The fourth-order valence-corrected chi connectivity index (χ4v) is 2.22. The van der Waals surface area contributed by atoms with Crippen molar-refractivity contribution in [3.05, 3.63) is 33.8 Å². The fourth-order valence-electron chi connectivity index (χ4n) is 1.93. The summed E-state index contributed by atoms with van der Waals surface area (Å²) in [6.07, 6.45) is 3.15. The lowest BCUT2D eigenvalue weighted by Gasteiger charge is -2.22. The maximum absolute atomic E-state index is 12.1. The first-order valence-electron chi connectivity index (χ1n) is 5.41. The Labute approximate surface area is 105 Å². The Morgan fingerprint density at radius 1 is 1.25 bits per heavy atom. The standard InChI is InChI=1S/C12H13Cl2NO/c13-9-5-4-8(7-10(9)14)12(16)11-3-1-2-6-15-11/h4-5,7,11,15H,1-3,6H2. The second kappa shape index (κ2) is 5.17. The number of carbonyl (C=O) groups excluding carboxylic acids is 1. The van der Waals surface area contributed by atoms with Crippen LogP contribution in [0.3, 0.4) is 0 Å². The number of hydrogen-bond donors (Lipinski definition) is 1. The van der Waals surface area contributed by atoms with Crippen LogP contribution in [0.5, 0.6) is 0 Å². The number of Topliss-reactive ketones (excluding diaryl/α,β-unsaturated/α-hetero) is 1. The van der Waals surface area contributed by atoms with Gasteiger partial charge in [0, 0.05) is 5.56 Å². The average Bonchev–Trinajstić information content (AvgIpc) is 2.33. The largest absolute Gasteiger partial charge is 0.307 e. The van der Waals surface area contributed by atoms with Crippen LogP contribution in [0.25, 0.3) is 0 Å². The van der Waals surface area contributed by atoms with Gasteiger partial charge in [-0.15, -0.1) is 0 Å². The summed E-state index contributed by atoms with van der Waals surface area (Å²) in [5, 5.41) is 4.14. The number of hydrogen-bond acceptors (Lipinski definition) is 2. The summed E-state index contributed by atoms with van der Waals surface area (Å²) in [5.74, 6) is 0.110. The second-order valence-electron chi connectivity index (χ2n) is 4.00. The molecule has 0 aliphatic carbocycles. The molecule has 1 aromatic carbocycles. The molecule has 1 N–H and O–H groups in total. The number of ketones is 1. The van der Waals surface area contributed by atoms with Crippen molar-refractivity contribution >= 4 is 29.0 Å². The molecular formula is C12H13Cl2NO. The van der Waals surface area contributed by atoms with E-state index < -0.39 is 0 Å². The molecule has 1 fully saturated rings. The smallest absolute Gasteiger partial charge is 0.179 e. The molecule has 2 nitrogen and oxygen atoms in total. The van der Waals surface area contributed by atoms with Gasteiger partial charge in [0.1, 0.15) is 0 Å². The third-order valence-electron chi connectivity index (χ3n) is 2.83. The van der Waals surface area contributed by atoms with Gasteiger partial charge in [-0.3, -0.25) is 4.79 Å². The van der Waals surface area contributed by atoms with Gasteiger partial charge in [-0.1, -0.05) is 29.6 Å². The SMILES string of the molecule is O=C(c1ccc(Cl)c(Cl)c1)C1CCCCN1. The van der Waals surface area contributed by atoms with Crippen molar-refractivity contribution in [2.24, 2.45) is 0 Å². The fraction of sp³-hybridized carbons (Fsp3) is 0.417. The van der Waals surface area contributed by atoms with Crippen molar-refractivity contribution in [1.29, 1.82) is 0 Å². The predicted molar refractivity (Wildman–Crippen MR) is 66.4 cm³/mol. The summed E-state index contributed by atoms with van der Waals surface area (Å²) in [6, 6.07) is 4.97. The maximum Gasteiger partial charge on any atom is 0.179 e. The van der Waals surface area contributed by atoms with E-state index in [-0.39, 0.29) is 11.8 Å². The zero-order valence-electron chi connectivity index (χ0n) is 8.80. The van der Waals surface area contributed by atoms with E-state index in [1.807, 2.05) is 0 Å². The third kappa shape index (κ3) is 2.57. The molecule has 1 unspecified atom stereocenters. The van der Waals surface area contributed by atoms with Crippen molar-refractivity contribution in [3.8, 4) is 0 Å². The first kappa shape index (κ1) is 11.9. The van der Waals surface area contributed by atoms with E-state index in [1.165, 1.54) is 0 Å². The molecule has 0 bridgehead atoms. The van der Waals surface area contributed by atoms with Gasteiger partial charge in [0.25, 0.3) is 0 Å². The number of rotatable bonds is 2. The Morgan fingerprint density at radius 3 is 2.69 bits per heavy atom. The van der Waals surface area contributed by atoms with Gasteiger partial charge in [0.2, 0.25) is 0 Å². The molecule has 1 heterocycles. The van der Waals surface area contributed by atoms with Crippen molar-refractivity contribution in [2.75, 3.05) is 6.54 Å². The van der Waals surface area contributed by atoms with Crippen molar-refractivity contribution < 1.29 is 4.79 Å². The highest BCUT2D eigenvalue weighted by Gasteiger charge is 2.22. The summed E-state index contributed by atoms with van der Waals surface area (Å²) >= 11 is 11.7. The minimum Gasteiger partial charge on any atom is -0.307 e. The molecule has 86 valence electrons. The van der Waals surface area contributed by atoms with Gasteiger partial charge < -0.3 is 5.32 Å². The Kier molecular flexibility index (Phi) is 3.85. The molecule has 1 aliphatic rings. The van der Waals surface area contributed by atoms with Crippen LogP contribution < -0.4 is 5.32 Å². The molecule has 4 heteroatoms. The second-order valence-corrected chi connectivity index (χ2v) is 4.81. The van der Waals surface area contributed by atoms with E-state index in [9.17, 15) is 4.79 Å². The molecule has 16 heavy (non-hydrogen) atoms. The number of piperidine rings is 1. The van der Waals surface area contributed by atoms with Crippen LogP contribution in [0.4, 0.5) is 0 Å². The number of halogens is 2. The van der Waals surface area contributed by atoms with Gasteiger partial charge in [-0.05, 0) is 37.6 Å². The van der Waals surface area contributed by atoms with Crippen molar-refractivity contribution in [3.63, 3.8) is 0 Å². The van der Waals surface area contributed by atoms with Crippen LogP contribution in [-0.2, 0) is 0 Å². The Morgan fingerprint density at radius 2 is 2.06 bits per heavy atom. The van der Waals surface area contributed by atoms with E-state index >= 15 is 0 Å². The van der Waals surface area contributed by atoms with Gasteiger partial charge in [-0.25, -0.2) is 0 Å². The molecule has 1 atom stereocenters. The number of carbonyl (C=O) groups is 1. The zero-order chi connectivity index (χ0) is 11.5. The van der Waals surface area contributed by atoms with Crippen molar-refractivity contribution in [2.45, 2.75) is 25.3 Å². The quantitative estimate of drug-likeness (QED) is 0.824. The summed E-state index contributed by atoms with van der Waals surface area (Å²) in [7, 11) is 0. The van der Waals surface area contributed by atoms with Gasteiger partial charge in [-0.2, -0.15) is 0 Å². The Balaban J connectivity index is 2.16. The summed E-state index contributed by atoms with van der Waals surface area (Å²) in [6.45, 7) is 0.914. The molecule has 0 spiro atoms. The molecule has 0 radical (unpaired) electrons. The highest BCUT2D eigenvalue weighted by atomic mass is 35.5. The zero-order valence-corrected chi connectivity index (χ0v) is 10.3. The monoisotopic (exact) mass is 257 g/mol. The maximum atomic E-state index is 12.1. The van der Waals surface area contributed by atoms with Crippen LogP contribution in [0.2, 0.25) is 10.0 Å². The lowest BCUT2D eigenvalue weighted by molar-refractivity contribution is 0.0927. The van der Waals surface area contributed by atoms with Gasteiger partial charge >= 0.3 is 0 Å². The molecule has 1 saturated heterocycles. The van der Waals surface area contributed by atoms with E-state index in [4.69, 9.17) is 23.2 Å². The minimum atomic E-state index is -0.0639. The third-order valence-corrected chi connectivity index (χ3v) is 3.57. The van der Waals surface area contributed by atoms with E-state index in [1.54, 1.807) is 18.2 Å². The molecule has 0 saturated carbocycles. The highest BCUT2D eigenvalue weighted by molar-refractivity contribution is 6.42. The molecular weight excluding hydrogens is 245 g/mol. The van der Waals surface area contributed by atoms with E-state index in [2.05, 4.69) is 5.32 Å². The topological polar surface area (TPSA) is 29.1 Å². The molecule has 1 aliphatic heterocycles. The van der Waals surface area contributed by atoms with Gasteiger partial charge in [0.05, 0.1) is 16.1 Å². The first-order valence-corrected chi connectivity index (χ1v) is 6.17. The lowest BCUT2D eigenvalue weighted by atomic mass is 9.96. The van der Waals surface area contributed by atoms with Crippen LogP contribution in [0.1, 0.15) is 29.6 Å². The normalized spacial score (nSPS) is 20.8. The summed E-state index contributed by atoms with van der Waals surface area (Å²) in [4.78, 5) is 12.1. The molecule has 2 rings (SSSR count). The Hall–Kier alpha value is -0.570. The van der Waals surface area contributed by atoms with Crippen LogP contribution in [-0.4, -0.2) is 18.4 Å². The van der Waals surface area contributed by atoms with E-state index in [0.717, 1.165) is 25.8 Å². The average molecular weight is 258 g/mol. The highest BCUT2D eigenvalue weighted by Crippen LogP contribution is 2.24. The minimum absolute atomic E-state index is 0.0639. The van der Waals surface area contributed by atoms with Crippen molar-refractivity contribution in [1.82, 2.24) is 5.32 Å².